The number of aromatic nitrogens is 2. The Balaban J connectivity index is 1.75. The number of hydrogen-bond acceptors (Lipinski definition) is 5. The van der Waals surface area contributed by atoms with E-state index in [0.717, 1.165) is 5.56 Å². The first-order valence-corrected chi connectivity index (χ1v) is 10.00. The molecule has 1 aromatic heterocycles. The Morgan fingerprint density at radius 3 is 2.44 bits per heavy atom. The van der Waals surface area contributed by atoms with Gasteiger partial charge in [-0.2, -0.15) is 9.78 Å². The van der Waals surface area contributed by atoms with Crippen LogP contribution in [0.1, 0.15) is 15.9 Å². The normalized spacial score (nSPS) is 10.6. The largest absolute Gasteiger partial charge is 0.497 e. The highest BCUT2D eigenvalue weighted by Gasteiger charge is 2.21. The smallest absolute Gasteiger partial charge is 0.283 e. The number of ether oxygens (including phenoxy) is 2. The summed E-state index contributed by atoms with van der Waals surface area (Å²) in [6.45, 7) is 0.469. The summed E-state index contributed by atoms with van der Waals surface area (Å²) in [6.07, 6.45) is 0. The number of anilines is 1. The number of nitrogens with one attached hydrogen (secondary N) is 1. The van der Waals surface area contributed by atoms with Crippen molar-refractivity contribution in [2.75, 3.05) is 19.5 Å². The summed E-state index contributed by atoms with van der Waals surface area (Å²) < 4.78 is 26.2. The van der Waals surface area contributed by atoms with Crippen LogP contribution in [0, 0.1) is 5.82 Å². The second-order valence-corrected chi connectivity index (χ2v) is 7.02. The molecule has 162 valence electrons. The van der Waals surface area contributed by atoms with E-state index in [1.54, 1.807) is 42.5 Å². The van der Waals surface area contributed by atoms with Gasteiger partial charge < -0.3 is 14.8 Å². The zero-order valence-electron chi connectivity index (χ0n) is 17.7. The van der Waals surface area contributed by atoms with Gasteiger partial charge in [0.25, 0.3) is 5.91 Å². The molecule has 0 amide bonds. The summed E-state index contributed by atoms with van der Waals surface area (Å²) >= 11 is 0. The van der Waals surface area contributed by atoms with Gasteiger partial charge in [-0.25, -0.2) is 4.39 Å². The van der Waals surface area contributed by atoms with E-state index in [0.29, 0.717) is 40.7 Å². The van der Waals surface area contributed by atoms with Crippen molar-refractivity contribution in [3.8, 4) is 22.8 Å². The molecule has 6 nitrogen and oxygen atoms in total. The monoisotopic (exact) mass is 431 g/mol. The van der Waals surface area contributed by atoms with Crippen LogP contribution in [-0.4, -0.2) is 29.9 Å². The van der Waals surface area contributed by atoms with Crippen molar-refractivity contribution in [3.63, 3.8) is 0 Å². The molecule has 0 aliphatic rings. The van der Waals surface area contributed by atoms with Gasteiger partial charge in [0.1, 0.15) is 23.1 Å². The van der Waals surface area contributed by atoms with E-state index in [4.69, 9.17) is 9.47 Å². The fourth-order valence-electron chi connectivity index (χ4n) is 3.34. The lowest BCUT2D eigenvalue weighted by Crippen LogP contribution is -2.18. The third-order valence-corrected chi connectivity index (χ3v) is 5.01. The molecule has 0 atom stereocenters. The molecule has 0 aliphatic carbocycles. The SMILES string of the molecule is COc1ccc(C(=O)n2nc(-c3ccccc3F)cc2NCc2ccccc2)c(OC)c1. The number of carbonyl (C=O) groups is 1. The van der Waals surface area contributed by atoms with Crippen LogP contribution in [0.15, 0.2) is 78.9 Å². The molecule has 0 fully saturated rings. The standard InChI is InChI=1S/C25H22FN3O3/c1-31-18-12-13-20(23(14-18)32-2)25(30)29-24(27-16-17-8-4-3-5-9-17)15-22(28-29)19-10-6-7-11-21(19)26/h3-15,27H,16H2,1-2H3. The maximum atomic E-state index is 14.4. The lowest BCUT2D eigenvalue weighted by Gasteiger charge is -2.12. The minimum atomic E-state index is -0.416. The molecular weight excluding hydrogens is 409 g/mol. The molecule has 0 saturated carbocycles. The van der Waals surface area contributed by atoms with Crippen molar-refractivity contribution < 1.29 is 18.7 Å². The third kappa shape index (κ3) is 4.32. The highest BCUT2D eigenvalue weighted by molar-refractivity contribution is 6.00. The molecule has 0 bridgehead atoms. The molecule has 0 radical (unpaired) electrons. The second-order valence-electron chi connectivity index (χ2n) is 7.02. The van der Waals surface area contributed by atoms with Crippen LogP contribution >= 0.6 is 0 Å². The Hall–Kier alpha value is -4.13. The molecule has 3 aromatic carbocycles. The Bertz CT molecular complexity index is 1240. The van der Waals surface area contributed by atoms with E-state index in [-0.39, 0.29) is 0 Å². The molecule has 4 rings (SSSR count). The quantitative estimate of drug-likeness (QED) is 0.446. The summed E-state index contributed by atoms with van der Waals surface area (Å²) in [5.41, 5.74) is 1.99. The molecule has 7 heteroatoms. The summed E-state index contributed by atoms with van der Waals surface area (Å²) in [7, 11) is 3.02. The van der Waals surface area contributed by atoms with Crippen LogP contribution in [-0.2, 0) is 6.54 Å². The number of carbonyl (C=O) groups excluding carboxylic acids is 1. The molecule has 4 aromatic rings. The van der Waals surface area contributed by atoms with E-state index in [2.05, 4.69) is 10.4 Å². The van der Waals surface area contributed by atoms with E-state index >= 15 is 0 Å². The van der Waals surface area contributed by atoms with Crippen LogP contribution in [0.2, 0.25) is 0 Å². The first kappa shape index (κ1) is 21.1. The van der Waals surface area contributed by atoms with Crippen LogP contribution in [0.3, 0.4) is 0 Å². The predicted molar refractivity (Wildman–Crippen MR) is 121 cm³/mol. The number of methoxy groups -OCH3 is 2. The lowest BCUT2D eigenvalue weighted by molar-refractivity contribution is 0.0944. The van der Waals surface area contributed by atoms with Gasteiger partial charge in [-0.1, -0.05) is 42.5 Å². The van der Waals surface area contributed by atoms with Crippen molar-refractivity contribution >= 4 is 11.7 Å². The molecule has 0 saturated heterocycles. The van der Waals surface area contributed by atoms with Crippen molar-refractivity contribution in [3.05, 3.63) is 95.8 Å². The number of rotatable bonds is 7. The zero-order chi connectivity index (χ0) is 22.5. The molecule has 0 spiro atoms. The van der Waals surface area contributed by atoms with Crippen LogP contribution in [0.5, 0.6) is 11.5 Å². The highest BCUT2D eigenvalue weighted by Crippen LogP contribution is 2.29. The van der Waals surface area contributed by atoms with Gasteiger partial charge in [-0.15, -0.1) is 0 Å². The van der Waals surface area contributed by atoms with E-state index in [1.165, 1.54) is 25.0 Å². The van der Waals surface area contributed by atoms with Crippen LogP contribution in [0.4, 0.5) is 10.2 Å². The van der Waals surface area contributed by atoms with Crippen LogP contribution in [0.25, 0.3) is 11.3 Å². The van der Waals surface area contributed by atoms with Gasteiger partial charge in [-0.3, -0.25) is 4.79 Å². The average Bonchev–Trinajstić information content (AvgIpc) is 3.26. The Labute approximate surface area is 185 Å². The molecule has 1 heterocycles. The summed E-state index contributed by atoms with van der Waals surface area (Å²) in [6, 6.07) is 22.7. The molecule has 32 heavy (non-hydrogen) atoms. The van der Waals surface area contributed by atoms with Gasteiger partial charge in [0, 0.05) is 24.2 Å². The highest BCUT2D eigenvalue weighted by atomic mass is 19.1. The lowest BCUT2D eigenvalue weighted by atomic mass is 10.1. The maximum absolute atomic E-state index is 14.4. The second kappa shape index (κ2) is 9.34. The first-order valence-electron chi connectivity index (χ1n) is 10.00. The predicted octanol–water partition coefficient (Wildman–Crippen LogP) is 5.01. The van der Waals surface area contributed by atoms with Gasteiger partial charge in [0.2, 0.25) is 0 Å². The number of nitrogens with zero attached hydrogens (tertiary/aromatic N) is 2. The molecule has 0 aliphatic heterocycles. The van der Waals surface area contributed by atoms with E-state index < -0.39 is 11.7 Å². The fraction of sp³-hybridized carbons (Fsp3) is 0.120. The summed E-state index contributed by atoms with van der Waals surface area (Å²) in [5, 5.41) is 7.67. The van der Waals surface area contributed by atoms with Crippen molar-refractivity contribution in [1.29, 1.82) is 0 Å². The molecule has 0 unspecified atom stereocenters. The van der Waals surface area contributed by atoms with Crippen molar-refractivity contribution in [2.45, 2.75) is 6.54 Å². The Kier molecular flexibility index (Phi) is 6.17. The number of halogens is 1. The van der Waals surface area contributed by atoms with E-state index in [1.807, 2.05) is 30.3 Å². The molecular formula is C25H22FN3O3. The van der Waals surface area contributed by atoms with Crippen molar-refractivity contribution in [2.24, 2.45) is 0 Å². The minimum Gasteiger partial charge on any atom is -0.497 e. The fourth-order valence-corrected chi connectivity index (χ4v) is 3.34. The zero-order valence-corrected chi connectivity index (χ0v) is 17.7. The summed E-state index contributed by atoms with van der Waals surface area (Å²) in [4.78, 5) is 13.4. The van der Waals surface area contributed by atoms with Gasteiger partial charge in [0.05, 0.1) is 25.5 Å². The first-order chi connectivity index (χ1) is 15.6. The van der Waals surface area contributed by atoms with E-state index in [9.17, 15) is 9.18 Å². The van der Waals surface area contributed by atoms with Gasteiger partial charge in [0.15, 0.2) is 0 Å². The number of benzene rings is 3. The minimum absolute atomic E-state index is 0.305. The maximum Gasteiger partial charge on any atom is 0.283 e. The number of hydrogen-bond donors (Lipinski definition) is 1. The molecule has 1 N–H and O–H groups in total. The topological polar surface area (TPSA) is 65.4 Å². The Morgan fingerprint density at radius 1 is 0.969 bits per heavy atom. The Morgan fingerprint density at radius 2 is 1.72 bits per heavy atom. The third-order valence-electron chi connectivity index (χ3n) is 5.01. The van der Waals surface area contributed by atoms with Crippen molar-refractivity contribution in [1.82, 2.24) is 9.78 Å². The summed E-state index contributed by atoms with van der Waals surface area (Å²) in [5.74, 6) is 0.526. The van der Waals surface area contributed by atoms with Gasteiger partial charge >= 0.3 is 0 Å². The van der Waals surface area contributed by atoms with Gasteiger partial charge in [-0.05, 0) is 29.8 Å². The van der Waals surface area contributed by atoms with Crippen LogP contribution < -0.4 is 14.8 Å². The average molecular weight is 431 g/mol.